The molecule has 0 aromatic rings. The second-order valence-corrected chi connectivity index (χ2v) is 4.47. The standard InChI is InChI=1S/C6H15N2P.3CH4/c1-6(2)4-9-5(7-3)8-6;;;/h5,7-9H,4H2,1-3H3;3*1H4. The predicted octanol–water partition coefficient (Wildman–Crippen LogP) is 2.46. The van der Waals surface area contributed by atoms with Crippen molar-refractivity contribution >= 4 is 8.58 Å². The van der Waals surface area contributed by atoms with Crippen LogP contribution in [0.25, 0.3) is 0 Å². The summed E-state index contributed by atoms with van der Waals surface area (Å²) in [6.45, 7) is 4.49. The lowest BCUT2D eigenvalue weighted by atomic mass is 10.1. The van der Waals surface area contributed by atoms with Crippen molar-refractivity contribution < 1.29 is 0 Å². The summed E-state index contributed by atoms with van der Waals surface area (Å²) in [6, 6.07) is 0. The van der Waals surface area contributed by atoms with E-state index in [9.17, 15) is 0 Å². The van der Waals surface area contributed by atoms with Gasteiger partial charge in [0.1, 0.15) is 0 Å². The lowest BCUT2D eigenvalue weighted by Gasteiger charge is -2.18. The van der Waals surface area contributed by atoms with Crippen molar-refractivity contribution in [1.29, 1.82) is 0 Å². The molecule has 0 saturated carbocycles. The topological polar surface area (TPSA) is 24.1 Å². The van der Waals surface area contributed by atoms with Crippen LogP contribution in [-0.2, 0) is 0 Å². The zero-order valence-corrected chi connectivity index (χ0v) is 7.28. The Labute approximate surface area is 80.7 Å². The molecule has 0 amide bonds. The first kappa shape index (κ1) is 18.2. The van der Waals surface area contributed by atoms with Crippen LogP contribution in [0, 0.1) is 0 Å². The van der Waals surface area contributed by atoms with Crippen LogP contribution in [0.15, 0.2) is 0 Å². The van der Waals surface area contributed by atoms with Crippen LogP contribution in [-0.4, -0.2) is 24.7 Å². The van der Waals surface area contributed by atoms with E-state index in [4.69, 9.17) is 0 Å². The third-order valence-electron chi connectivity index (χ3n) is 1.57. The molecule has 12 heavy (non-hydrogen) atoms. The van der Waals surface area contributed by atoms with Gasteiger partial charge in [0.15, 0.2) is 0 Å². The highest BCUT2D eigenvalue weighted by Gasteiger charge is 2.28. The van der Waals surface area contributed by atoms with Crippen LogP contribution >= 0.6 is 8.58 Å². The monoisotopic (exact) mass is 194 g/mol. The zero-order chi connectivity index (χ0) is 6.91. The van der Waals surface area contributed by atoms with E-state index in [0.717, 1.165) is 8.58 Å². The first-order valence-corrected chi connectivity index (χ1v) is 4.61. The molecule has 1 aliphatic rings. The second kappa shape index (κ2) is 6.82. The molecule has 0 aliphatic carbocycles. The molecule has 2 N–H and O–H groups in total. The molecule has 2 atom stereocenters. The molecule has 1 fully saturated rings. The van der Waals surface area contributed by atoms with Crippen LogP contribution in [0.3, 0.4) is 0 Å². The molecule has 78 valence electrons. The fraction of sp³-hybridized carbons (Fsp3) is 1.00. The van der Waals surface area contributed by atoms with E-state index in [1.54, 1.807) is 0 Å². The van der Waals surface area contributed by atoms with Crippen molar-refractivity contribution in [3.8, 4) is 0 Å². The number of nitrogens with one attached hydrogen (secondary N) is 2. The summed E-state index contributed by atoms with van der Waals surface area (Å²) >= 11 is 0. The molecule has 0 spiro atoms. The minimum atomic E-state index is 0. The van der Waals surface area contributed by atoms with Gasteiger partial charge in [-0.25, -0.2) is 0 Å². The first-order valence-electron chi connectivity index (χ1n) is 3.32. The van der Waals surface area contributed by atoms with E-state index >= 15 is 0 Å². The largest absolute Gasteiger partial charge is 0.302 e. The quantitative estimate of drug-likeness (QED) is 0.627. The number of rotatable bonds is 1. The summed E-state index contributed by atoms with van der Waals surface area (Å²) in [7, 11) is 3.03. The van der Waals surface area contributed by atoms with Gasteiger partial charge in [-0.15, -0.1) is 0 Å². The maximum Gasteiger partial charge on any atom is 0.0745 e. The van der Waals surface area contributed by atoms with Crippen LogP contribution < -0.4 is 10.6 Å². The molecule has 1 aliphatic heterocycles. The summed E-state index contributed by atoms with van der Waals surface area (Å²) in [5, 5.41) is 6.70. The van der Waals surface area contributed by atoms with E-state index in [1.807, 2.05) is 7.05 Å². The van der Waals surface area contributed by atoms with Crippen molar-refractivity contribution in [2.75, 3.05) is 13.2 Å². The Morgan fingerprint density at radius 1 is 1.33 bits per heavy atom. The molecule has 3 heteroatoms. The van der Waals surface area contributed by atoms with Gasteiger partial charge in [0.25, 0.3) is 0 Å². The summed E-state index contributed by atoms with van der Waals surface area (Å²) in [6.07, 6.45) is 1.30. The summed E-state index contributed by atoms with van der Waals surface area (Å²) in [5.41, 5.74) is 0.367. The summed E-state index contributed by atoms with van der Waals surface area (Å²) < 4.78 is 0. The minimum Gasteiger partial charge on any atom is -0.302 e. The predicted molar refractivity (Wildman–Crippen MR) is 63.4 cm³/mol. The van der Waals surface area contributed by atoms with Crippen LogP contribution in [0.4, 0.5) is 0 Å². The average molecular weight is 194 g/mol. The molecule has 0 bridgehead atoms. The molecule has 1 rings (SSSR count). The second-order valence-electron chi connectivity index (χ2n) is 3.13. The SMILES string of the molecule is C.C.C.CNC1NC(C)(C)CP1. The Bertz CT molecular complexity index is 105. The highest BCUT2D eigenvalue weighted by atomic mass is 31.1. The molecule has 1 heterocycles. The average Bonchev–Trinajstić information content (AvgIpc) is 2.10. The molecule has 2 nitrogen and oxygen atoms in total. The van der Waals surface area contributed by atoms with E-state index in [0.29, 0.717) is 11.4 Å². The Morgan fingerprint density at radius 3 is 2.00 bits per heavy atom. The van der Waals surface area contributed by atoms with Crippen molar-refractivity contribution in [3.05, 3.63) is 0 Å². The molecule has 0 radical (unpaired) electrons. The molecule has 0 aromatic carbocycles. The van der Waals surface area contributed by atoms with Gasteiger partial charge in [-0.3, -0.25) is 5.32 Å². The fourth-order valence-electron chi connectivity index (χ4n) is 1.02. The Morgan fingerprint density at radius 2 is 1.83 bits per heavy atom. The van der Waals surface area contributed by atoms with Crippen molar-refractivity contribution in [3.63, 3.8) is 0 Å². The van der Waals surface area contributed by atoms with Gasteiger partial charge in [-0.05, 0) is 27.1 Å². The van der Waals surface area contributed by atoms with Crippen LogP contribution in [0.5, 0.6) is 0 Å². The highest BCUT2D eigenvalue weighted by molar-refractivity contribution is 7.39. The Balaban J connectivity index is -0.000000270. The van der Waals surface area contributed by atoms with Gasteiger partial charge in [-0.1, -0.05) is 30.9 Å². The summed E-state index contributed by atoms with van der Waals surface area (Å²) in [4.78, 5) is 0. The molecule has 2 unspecified atom stereocenters. The van der Waals surface area contributed by atoms with Crippen molar-refractivity contribution in [2.45, 2.75) is 47.6 Å². The van der Waals surface area contributed by atoms with Crippen LogP contribution in [0.2, 0.25) is 0 Å². The smallest absolute Gasteiger partial charge is 0.0745 e. The Kier molecular flexibility index (Phi) is 10.3. The first-order chi connectivity index (χ1) is 4.14. The Hall–Kier alpha value is 0.350. The number of hydrogen-bond acceptors (Lipinski definition) is 2. The van der Waals surface area contributed by atoms with Gasteiger partial charge >= 0.3 is 0 Å². The van der Waals surface area contributed by atoms with Gasteiger partial charge in [0, 0.05) is 5.54 Å². The van der Waals surface area contributed by atoms with Gasteiger partial charge in [-0.2, -0.15) is 0 Å². The lowest BCUT2D eigenvalue weighted by Crippen LogP contribution is -2.43. The van der Waals surface area contributed by atoms with Gasteiger partial charge < -0.3 is 5.32 Å². The molecular formula is C9H27N2P. The summed E-state index contributed by atoms with van der Waals surface area (Å²) in [5.74, 6) is 0.569. The maximum absolute atomic E-state index is 3.48. The third kappa shape index (κ3) is 5.08. The zero-order valence-electron chi connectivity index (χ0n) is 6.28. The molecule has 1 saturated heterocycles. The maximum atomic E-state index is 3.48. The van der Waals surface area contributed by atoms with Crippen molar-refractivity contribution in [1.82, 2.24) is 10.6 Å². The molecule has 0 aromatic heterocycles. The number of hydrogen-bond donors (Lipinski definition) is 2. The fourth-order valence-corrected chi connectivity index (χ4v) is 2.54. The van der Waals surface area contributed by atoms with Gasteiger partial charge in [0.2, 0.25) is 0 Å². The van der Waals surface area contributed by atoms with E-state index in [-0.39, 0.29) is 22.3 Å². The third-order valence-corrected chi connectivity index (χ3v) is 3.50. The van der Waals surface area contributed by atoms with Crippen LogP contribution in [0.1, 0.15) is 36.1 Å². The highest BCUT2D eigenvalue weighted by Crippen LogP contribution is 2.29. The normalized spacial score (nSPS) is 26.8. The molecular weight excluding hydrogens is 167 g/mol. The van der Waals surface area contributed by atoms with Gasteiger partial charge in [0.05, 0.1) is 5.91 Å². The van der Waals surface area contributed by atoms with E-state index < -0.39 is 0 Å². The minimum absolute atomic E-state index is 0. The lowest BCUT2D eigenvalue weighted by molar-refractivity contribution is 0.427. The van der Waals surface area contributed by atoms with Crippen molar-refractivity contribution in [2.24, 2.45) is 0 Å². The van der Waals surface area contributed by atoms with E-state index in [2.05, 4.69) is 24.5 Å². The van der Waals surface area contributed by atoms with E-state index in [1.165, 1.54) is 6.16 Å².